The smallest absolute Gasteiger partial charge is 0.324 e. The van der Waals surface area contributed by atoms with Crippen LogP contribution in [0.5, 0.6) is 0 Å². The number of halogens is 3. The van der Waals surface area contributed by atoms with Crippen molar-refractivity contribution in [1.29, 1.82) is 0 Å². The Hall–Kier alpha value is -3.33. The second-order valence-electron chi connectivity index (χ2n) is 9.80. The Balaban J connectivity index is 1.34. The summed E-state index contributed by atoms with van der Waals surface area (Å²) >= 11 is 0. The molecule has 0 aromatic heterocycles. The number of carbonyl (C=O) groups excluding carboxylic acids is 2. The van der Waals surface area contributed by atoms with Gasteiger partial charge in [-0.25, -0.2) is 18.0 Å². The molecule has 1 saturated heterocycles. The number of urea groups is 1. The van der Waals surface area contributed by atoms with Crippen LogP contribution in [0.15, 0.2) is 53.7 Å². The molecule has 6 nitrogen and oxygen atoms in total. The Bertz CT molecular complexity index is 1180. The molecule has 0 saturated carbocycles. The summed E-state index contributed by atoms with van der Waals surface area (Å²) in [7, 11) is 3.12. The number of nitrogens with zero attached hydrogens (tertiary/aromatic N) is 3. The highest BCUT2D eigenvalue weighted by Crippen LogP contribution is 2.36. The lowest BCUT2D eigenvalue weighted by Gasteiger charge is -2.40. The monoisotopic (exact) mass is 514 g/mol. The highest BCUT2D eigenvalue weighted by molar-refractivity contribution is 5.98. The zero-order valence-electron chi connectivity index (χ0n) is 21.4. The minimum Gasteiger partial charge on any atom is -0.352 e. The number of likely N-dealkylation sites (N-methyl/N-ethyl adjacent to an activating group) is 1. The van der Waals surface area contributed by atoms with Gasteiger partial charge in [0.2, 0.25) is 0 Å². The van der Waals surface area contributed by atoms with E-state index in [1.54, 1.807) is 21.0 Å². The van der Waals surface area contributed by atoms with Crippen LogP contribution in [0.1, 0.15) is 49.3 Å². The number of carbonyl (C=O) groups is 2. The molecule has 0 spiro atoms. The van der Waals surface area contributed by atoms with Crippen LogP contribution in [0, 0.1) is 17.5 Å². The molecule has 0 bridgehead atoms. The Labute approximate surface area is 215 Å². The number of rotatable bonds is 7. The number of piperidine rings is 1. The van der Waals surface area contributed by atoms with Crippen LogP contribution in [-0.4, -0.2) is 66.9 Å². The van der Waals surface area contributed by atoms with Gasteiger partial charge in [-0.2, -0.15) is 0 Å². The number of amides is 3. The van der Waals surface area contributed by atoms with Gasteiger partial charge in [-0.3, -0.25) is 4.79 Å². The summed E-state index contributed by atoms with van der Waals surface area (Å²) in [6.45, 7) is 4.84. The Morgan fingerprint density at radius 2 is 1.62 bits per heavy atom. The van der Waals surface area contributed by atoms with Gasteiger partial charge in [0.15, 0.2) is 11.6 Å². The second kappa shape index (κ2) is 11.4. The van der Waals surface area contributed by atoms with Gasteiger partial charge in [0, 0.05) is 26.3 Å². The van der Waals surface area contributed by atoms with Crippen molar-refractivity contribution in [2.24, 2.45) is 0 Å². The van der Waals surface area contributed by atoms with Crippen molar-refractivity contribution in [3.8, 4) is 0 Å². The van der Waals surface area contributed by atoms with E-state index in [9.17, 15) is 22.8 Å². The van der Waals surface area contributed by atoms with Gasteiger partial charge >= 0.3 is 6.03 Å². The van der Waals surface area contributed by atoms with Gasteiger partial charge in [-0.05, 0) is 87.1 Å². The summed E-state index contributed by atoms with van der Waals surface area (Å²) in [6, 6.07) is 9.02. The van der Waals surface area contributed by atoms with Crippen LogP contribution < -0.4 is 5.32 Å². The van der Waals surface area contributed by atoms with Gasteiger partial charge in [-0.1, -0.05) is 18.2 Å². The first-order valence-electron chi connectivity index (χ1n) is 12.6. The number of hydrogen-bond donors (Lipinski definition) is 1. The molecule has 0 radical (unpaired) electrons. The first-order chi connectivity index (χ1) is 17.7. The fraction of sp³-hybridized carbons (Fsp3) is 0.429. The molecule has 1 atom stereocenters. The molecule has 2 aromatic carbocycles. The van der Waals surface area contributed by atoms with E-state index in [2.05, 4.69) is 10.2 Å². The third-order valence-electron chi connectivity index (χ3n) is 7.51. The SMILES string of the molecule is CC1=C(C(=O)NCCCN2CCC(c3ccc(F)cc3)CC2)[C@H](c2ccc(F)c(F)c2)N(C)C(=O)N1C. The van der Waals surface area contributed by atoms with Gasteiger partial charge in [-0.15, -0.1) is 0 Å². The molecule has 1 fully saturated rings. The summed E-state index contributed by atoms with van der Waals surface area (Å²) in [4.78, 5) is 31.1. The minimum absolute atomic E-state index is 0.219. The Morgan fingerprint density at radius 1 is 0.973 bits per heavy atom. The predicted molar refractivity (Wildman–Crippen MR) is 135 cm³/mol. The number of benzene rings is 2. The van der Waals surface area contributed by atoms with Gasteiger partial charge in [0.05, 0.1) is 11.6 Å². The molecule has 9 heteroatoms. The number of hydrogen-bond acceptors (Lipinski definition) is 3. The van der Waals surface area contributed by atoms with Gasteiger partial charge in [0.25, 0.3) is 5.91 Å². The number of nitrogens with one attached hydrogen (secondary N) is 1. The fourth-order valence-electron chi connectivity index (χ4n) is 5.25. The number of allylic oxidation sites excluding steroid dienone is 1. The van der Waals surface area contributed by atoms with E-state index in [1.165, 1.54) is 33.6 Å². The minimum atomic E-state index is -1.03. The van der Waals surface area contributed by atoms with Crippen molar-refractivity contribution in [2.45, 2.75) is 38.1 Å². The maximum absolute atomic E-state index is 14.0. The van der Waals surface area contributed by atoms with Crippen molar-refractivity contribution in [3.63, 3.8) is 0 Å². The van der Waals surface area contributed by atoms with Crippen molar-refractivity contribution in [1.82, 2.24) is 20.0 Å². The first kappa shape index (κ1) is 26.7. The van der Waals surface area contributed by atoms with Crippen LogP contribution >= 0.6 is 0 Å². The molecule has 198 valence electrons. The molecule has 2 aliphatic rings. The van der Waals surface area contributed by atoms with E-state index in [0.717, 1.165) is 51.0 Å². The lowest BCUT2D eigenvalue weighted by atomic mass is 9.89. The van der Waals surface area contributed by atoms with Crippen LogP contribution in [0.4, 0.5) is 18.0 Å². The summed E-state index contributed by atoms with van der Waals surface area (Å²) in [5.74, 6) is -2.14. The molecular formula is C28H33F3N4O2. The zero-order chi connectivity index (χ0) is 26.7. The third-order valence-corrected chi connectivity index (χ3v) is 7.51. The second-order valence-corrected chi connectivity index (χ2v) is 9.80. The molecular weight excluding hydrogens is 481 g/mol. The van der Waals surface area contributed by atoms with E-state index in [4.69, 9.17) is 0 Å². The van der Waals surface area contributed by atoms with E-state index < -0.39 is 17.7 Å². The zero-order valence-corrected chi connectivity index (χ0v) is 21.4. The van der Waals surface area contributed by atoms with Gasteiger partial charge < -0.3 is 20.0 Å². The summed E-state index contributed by atoms with van der Waals surface area (Å²) in [5, 5.41) is 2.95. The number of likely N-dealkylation sites (tertiary alicyclic amines) is 1. The molecule has 2 aromatic rings. The van der Waals surface area contributed by atoms with Crippen molar-refractivity contribution >= 4 is 11.9 Å². The van der Waals surface area contributed by atoms with Crippen LogP contribution in [0.2, 0.25) is 0 Å². The van der Waals surface area contributed by atoms with E-state index >= 15 is 0 Å². The summed E-state index contributed by atoms with van der Waals surface area (Å²) < 4.78 is 40.7. The molecule has 0 unspecified atom stereocenters. The average molecular weight is 515 g/mol. The lowest BCUT2D eigenvalue weighted by Crippen LogP contribution is -2.48. The molecule has 1 N–H and O–H groups in total. The highest BCUT2D eigenvalue weighted by Gasteiger charge is 2.38. The largest absolute Gasteiger partial charge is 0.352 e. The maximum Gasteiger partial charge on any atom is 0.324 e. The van der Waals surface area contributed by atoms with Crippen LogP contribution in [0.25, 0.3) is 0 Å². The molecule has 37 heavy (non-hydrogen) atoms. The third kappa shape index (κ3) is 5.82. The maximum atomic E-state index is 14.0. The summed E-state index contributed by atoms with van der Waals surface area (Å²) in [6.07, 6.45) is 2.76. The van der Waals surface area contributed by atoms with Crippen molar-refractivity contribution in [3.05, 3.63) is 82.3 Å². The van der Waals surface area contributed by atoms with Crippen molar-refractivity contribution in [2.75, 3.05) is 40.3 Å². The Kier molecular flexibility index (Phi) is 8.22. The molecule has 2 heterocycles. The molecule has 0 aliphatic carbocycles. The first-order valence-corrected chi connectivity index (χ1v) is 12.6. The quantitative estimate of drug-likeness (QED) is 0.540. The van der Waals surface area contributed by atoms with Crippen molar-refractivity contribution < 1.29 is 22.8 Å². The van der Waals surface area contributed by atoms with E-state index in [1.807, 2.05) is 12.1 Å². The topological polar surface area (TPSA) is 55.9 Å². The van der Waals surface area contributed by atoms with Gasteiger partial charge in [0.1, 0.15) is 5.82 Å². The standard InChI is InChI=1S/C28H33F3N4O2/c1-18-25(26(34(3)28(37)33(18)2)21-7-10-23(30)24(31)17-21)27(36)32-13-4-14-35-15-11-20(12-16-35)19-5-8-22(29)9-6-19/h5-10,17,20,26H,4,11-16H2,1-3H3,(H,32,36)/t26-/m0/s1. The predicted octanol–water partition coefficient (Wildman–Crippen LogP) is 4.80. The normalized spacial score (nSPS) is 19.5. The molecule has 3 amide bonds. The average Bonchev–Trinajstić information content (AvgIpc) is 2.89. The van der Waals surface area contributed by atoms with Crippen LogP contribution in [-0.2, 0) is 4.79 Å². The lowest BCUT2D eigenvalue weighted by molar-refractivity contribution is -0.118. The summed E-state index contributed by atoms with van der Waals surface area (Å²) in [5.41, 5.74) is 2.30. The highest BCUT2D eigenvalue weighted by atomic mass is 19.2. The molecule has 4 rings (SSSR count). The van der Waals surface area contributed by atoms with Crippen LogP contribution in [0.3, 0.4) is 0 Å². The fourth-order valence-corrected chi connectivity index (χ4v) is 5.25. The van der Waals surface area contributed by atoms with E-state index in [-0.39, 0.29) is 17.8 Å². The Morgan fingerprint density at radius 3 is 2.27 bits per heavy atom. The van der Waals surface area contributed by atoms with E-state index in [0.29, 0.717) is 29.3 Å². The molecule has 2 aliphatic heterocycles.